The normalized spacial score (nSPS) is 26.1. The zero-order valence-corrected chi connectivity index (χ0v) is 43.2. The first-order valence-corrected chi connectivity index (χ1v) is 26.8. The highest BCUT2D eigenvalue weighted by Crippen LogP contribution is 2.26. The molecule has 2 rings (SSSR count). The van der Waals surface area contributed by atoms with E-state index in [-0.39, 0.29) is 19.6 Å². The van der Waals surface area contributed by atoms with Crippen LogP contribution in [0.2, 0.25) is 0 Å². The number of ether oxygens (including phenoxy) is 6. The van der Waals surface area contributed by atoms with Crippen molar-refractivity contribution in [3.05, 3.63) is 97.2 Å². The molecule has 11 atom stereocenters. The minimum atomic E-state index is -1.72. The van der Waals surface area contributed by atoms with Gasteiger partial charge in [-0.2, -0.15) is 0 Å². The van der Waals surface area contributed by atoms with E-state index in [1.807, 2.05) is 0 Å². The Bertz CT molecular complexity index is 1540. The molecule has 0 aromatic heterocycles. The van der Waals surface area contributed by atoms with Crippen LogP contribution in [-0.2, 0) is 33.2 Å². The molecule has 7 N–H and O–H groups in total. The van der Waals surface area contributed by atoms with Crippen LogP contribution in [-0.4, -0.2) is 142 Å². The molecule has 2 aliphatic rings. The predicted molar refractivity (Wildman–Crippen MR) is 279 cm³/mol. The maximum absolute atomic E-state index is 13.0. The molecule has 0 amide bonds. The molecule has 0 aromatic rings. The molecular formula is C57H94O14. The molecule has 14 nitrogen and oxygen atoms in total. The van der Waals surface area contributed by atoms with Crippen LogP contribution in [0.15, 0.2) is 97.2 Å². The number of aliphatic hydroxyl groups excluding tert-OH is 7. The minimum absolute atomic E-state index is 0.0299. The van der Waals surface area contributed by atoms with Crippen molar-refractivity contribution in [3.63, 3.8) is 0 Å². The van der Waals surface area contributed by atoms with Crippen molar-refractivity contribution in [2.45, 2.75) is 223 Å². The maximum atomic E-state index is 13.0. The van der Waals surface area contributed by atoms with Gasteiger partial charge >= 0.3 is 5.97 Å². The fourth-order valence-electron chi connectivity index (χ4n) is 7.73. The number of unbranched alkanes of at least 4 members (excludes halogenated alkanes) is 11. The van der Waals surface area contributed by atoms with Gasteiger partial charge in [0.05, 0.1) is 26.4 Å². The number of carbonyl (C=O) groups excluding carboxylic acids is 1. The van der Waals surface area contributed by atoms with Crippen LogP contribution in [0.3, 0.4) is 0 Å². The van der Waals surface area contributed by atoms with E-state index in [0.717, 1.165) is 89.9 Å². The van der Waals surface area contributed by atoms with E-state index >= 15 is 0 Å². The first-order chi connectivity index (χ1) is 34.6. The van der Waals surface area contributed by atoms with Crippen LogP contribution in [0.25, 0.3) is 0 Å². The summed E-state index contributed by atoms with van der Waals surface area (Å²) >= 11 is 0. The smallest absolute Gasteiger partial charge is 0.306 e. The van der Waals surface area contributed by atoms with Gasteiger partial charge in [0.1, 0.15) is 54.9 Å². The van der Waals surface area contributed by atoms with Crippen molar-refractivity contribution in [1.29, 1.82) is 0 Å². The van der Waals surface area contributed by atoms with Crippen molar-refractivity contribution in [2.24, 2.45) is 0 Å². The molecule has 0 bridgehead atoms. The van der Waals surface area contributed by atoms with Crippen LogP contribution in [0.4, 0.5) is 0 Å². The van der Waals surface area contributed by atoms with Gasteiger partial charge in [-0.3, -0.25) is 4.79 Å². The van der Waals surface area contributed by atoms with Gasteiger partial charge in [0.25, 0.3) is 0 Å². The van der Waals surface area contributed by atoms with E-state index in [1.165, 1.54) is 38.5 Å². The standard InChI is InChI=1S/C57H94O14/c1-3-5-7-9-11-13-15-17-19-21-22-23-24-25-26-28-30-32-34-36-38-40-49(59)69-46(43-66-41-39-37-35-33-31-29-27-20-18-16-14-12-10-8-6-4-2)44-67-56-55(65)53(63)51(61)48(71-56)45-68-57-54(64)52(62)50(60)47(42-58)70-57/h5,7,11-14,17-20,22-23,25-26,30,32,46-48,50-58,60-65H,3-4,6,8-10,15-16,21,24,27-29,31,33-45H2,1-2H3/b7-5-,13-11-,14-12-,19-17-,20-18-,23-22-,26-25-,32-30-. The number of esters is 1. The fraction of sp³-hybridized carbons (Fsp3) is 0.702. The van der Waals surface area contributed by atoms with Gasteiger partial charge < -0.3 is 64.2 Å². The van der Waals surface area contributed by atoms with E-state index in [4.69, 9.17) is 28.4 Å². The third kappa shape index (κ3) is 30.6. The number of aliphatic hydroxyl groups is 7. The Balaban J connectivity index is 1.79. The topological polar surface area (TPSA) is 214 Å². The second kappa shape index (κ2) is 43.3. The van der Waals surface area contributed by atoms with E-state index in [1.54, 1.807) is 0 Å². The number of hydrogen-bond acceptors (Lipinski definition) is 14. The fourth-order valence-corrected chi connectivity index (χ4v) is 7.73. The maximum Gasteiger partial charge on any atom is 0.306 e. The van der Waals surface area contributed by atoms with Crippen molar-refractivity contribution in [2.75, 3.05) is 33.0 Å². The lowest BCUT2D eigenvalue weighted by Crippen LogP contribution is -2.61. The lowest BCUT2D eigenvalue weighted by atomic mass is 9.98. The van der Waals surface area contributed by atoms with E-state index in [0.29, 0.717) is 13.0 Å². The molecular weight excluding hydrogens is 909 g/mol. The van der Waals surface area contributed by atoms with Crippen LogP contribution < -0.4 is 0 Å². The highest BCUT2D eigenvalue weighted by atomic mass is 16.7. The summed E-state index contributed by atoms with van der Waals surface area (Å²) in [4.78, 5) is 13.0. The summed E-state index contributed by atoms with van der Waals surface area (Å²) in [5, 5.41) is 72.2. The summed E-state index contributed by atoms with van der Waals surface area (Å²) in [6.45, 7) is 3.44. The average molecular weight is 1000 g/mol. The highest BCUT2D eigenvalue weighted by Gasteiger charge is 2.47. The van der Waals surface area contributed by atoms with E-state index < -0.39 is 86.7 Å². The molecule has 2 heterocycles. The van der Waals surface area contributed by atoms with Crippen LogP contribution in [0.5, 0.6) is 0 Å². The van der Waals surface area contributed by atoms with Crippen molar-refractivity contribution in [1.82, 2.24) is 0 Å². The largest absolute Gasteiger partial charge is 0.457 e. The van der Waals surface area contributed by atoms with Gasteiger partial charge in [-0.25, -0.2) is 0 Å². The Morgan fingerprint density at radius 3 is 1.44 bits per heavy atom. The van der Waals surface area contributed by atoms with Crippen LogP contribution in [0, 0.1) is 0 Å². The molecule has 0 radical (unpaired) electrons. The minimum Gasteiger partial charge on any atom is -0.457 e. The average Bonchev–Trinajstić information content (AvgIpc) is 3.37. The molecule has 11 unspecified atom stereocenters. The van der Waals surface area contributed by atoms with Crippen LogP contribution in [0.1, 0.15) is 155 Å². The molecule has 2 saturated heterocycles. The van der Waals surface area contributed by atoms with Gasteiger partial charge in [-0.05, 0) is 96.3 Å². The van der Waals surface area contributed by atoms with Gasteiger partial charge in [-0.15, -0.1) is 0 Å². The lowest BCUT2D eigenvalue weighted by molar-refractivity contribution is -0.332. The summed E-state index contributed by atoms with van der Waals surface area (Å²) in [5.41, 5.74) is 0. The summed E-state index contributed by atoms with van der Waals surface area (Å²) in [7, 11) is 0. The number of carbonyl (C=O) groups is 1. The molecule has 0 spiro atoms. The summed E-state index contributed by atoms with van der Waals surface area (Å²) in [6.07, 6.45) is 40.3. The monoisotopic (exact) mass is 1000 g/mol. The molecule has 0 aromatic carbocycles. The third-order valence-corrected chi connectivity index (χ3v) is 12.1. The van der Waals surface area contributed by atoms with Crippen LogP contribution >= 0.6 is 0 Å². The second-order valence-corrected chi connectivity index (χ2v) is 18.3. The molecule has 14 heteroatoms. The van der Waals surface area contributed by atoms with Crippen molar-refractivity contribution in [3.8, 4) is 0 Å². The van der Waals surface area contributed by atoms with Gasteiger partial charge in [0.15, 0.2) is 12.6 Å². The Morgan fingerprint density at radius 2 is 0.915 bits per heavy atom. The Hall–Kier alpha value is -3.09. The van der Waals surface area contributed by atoms with E-state index in [2.05, 4.69) is 111 Å². The second-order valence-electron chi connectivity index (χ2n) is 18.3. The van der Waals surface area contributed by atoms with Gasteiger partial charge in [0.2, 0.25) is 0 Å². The Morgan fingerprint density at radius 1 is 0.479 bits per heavy atom. The van der Waals surface area contributed by atoms with E-state index in [9.17, 15) is 40.5 Å². The number of allylic oxidation sites excluding steroid dienone is 16. The molecule has 71 heavy (non-hydrogen) atoms. The number of rotatable bonds is 41. The highest BCUT2D eigenvalue weighted by molar-refractivity contribution is 5.69. The Kier molecular flexibility index (Phi) is 39.1. The van der Waals surface area contributed by atoms with Crippen molar-refractivity contribution >= 4 is 5.97 Å². The summed E-state index contributed by atoms with van der Waals surface area (Å²) < 4.78 is 34.2. The molecule has 406 valence electrons. The molecule has 0 saturated carbocycles. The molecule has 2 fully saturated rings. The quantitative estimate of drug-likeness (QED) is 0.0174. The third-order valence-electron chi connectivity index (χ3n) is 12.1. The first kappa shape index (κ1) is 64.0. The molecule has 2 aliphatic heterocycles. The summed E-state index contributed by atoms with van der Waals surface area (Å²) in [5.74, 6) is -0.426. The first-order valence-electron chi connectivity index (χ1n) is 26.8. The van der Waals surface area contributed by atoms with Gasteiger partial charge in [0, 0.05) is 13.0 Å². The molecule has 0 aliphatic carbocycles. The lowest BCUT2D eigenvalue weighted by Gasteiger charge is -2.42. The Labute approximate surface area is 426 Å². The summed E-state index contributed by atoms with van der Waals surface area (Å²) in [6, 6.07) is 0. The zero-order valence-electron chi connectivity index (χ0n) is 43.2. The SMILES string of the molecule is CC/C=C\C/C=C\C/C=C\C/C=C\C/C=C\C/C=C\CCCCC(=O)OC(COCCCCCCCC/C=C\C/C=C\CCCCC)COC1OC(COC2OC(CO)C(O)C(O)C2O)C(O)C(O)C1O. The predicted octanol–water partition coefficient (Wildman–Crippen LogP) is 8.63. The van der Waals surface area contributed by atoms with Gasteiger partial charge in [-0.1, -0.05) is 150 Å². The van der Waals surface area contributed by atoms with Crippen molar-refractivity contribution < 1.29 is 69.0 Å². The zero-order chi connectivity index (χ0) is 51.6. The number of hydrogen-bond donors (Lipinski definition) is 7.